The van der Waals surface area contributed by atoms with E-state index < -0.39 is 0 Å². The minimum atomic E-state index is -0.178. The number of carbonyl (C=O) groups is 1. The van der Waals surface area contributed by atoms with E-state index in [1.54, 1.807) is 0 Å². The lowest BCUT2D eigenvalue weighted by Crippen LogP contribution is -2.24. The summed E-state index contributed by atoms with van der Waals surface area (Å²) < 4.78 is 5.81. The molecule has 0 spiro atoms. The zero-order valence-corrected chi connectivity index (χ0v) is 22.4. The molecule has 1 aromatic rings. The molecule has 2 fully saturated rings. The van der Waals surface area contributed by atoms with E-state index in [-0.39, 0.29) is 12.1 Å². The number of ether oxygens (including phenoxy) is 1. The Morgan fingerprint density at radius 2 is 1.57 bits per heavy atom. The van der Waals surface area contributed by atoms with Gasteiger partial charge in [-0.05, 0) is 99.8 Å². The highest BCUT2D eigenvalue weighted by Gasteiger charge is 2.23. The molecule has 0 unspecified atom stereocenters. The minimum absolute atomic E-state index is 0.0350. The van der Waals surface area contributed by atoms with E-state index in [2.05, 4.69) is 50.0 Å². The number of esters is 1. The van der Waals surface area contributed by atoms with E-state index >= 15 is 0 Å². The van der Waals surface area contributed by atoms with Gasteiger partial charge in [-0.25, -0.2) is 4.79 Å². The van der Waals surface area contributed by atoms with Crippen LogP contribution in [0.5, 0.6) is 0 Å². The number of aryl methyl sites for hydroxylation is 1. The second-order valence-electron chi connectivity index (χ2n) is 11.0. The molecule has 0 atom stereocenters. The van der Waals surface area contributed by atoms with Gasteiger partial charge < -0.3 is 4.74 Å². The first kappa shape index (κ1) is 27.6. The average Bonchev–Trinajstić information content (AvgIpc) is 2.89. The third kappa shape index (κ3) is 10.2. The maximum Gasteiger partial charge on any atom is 0.338 e. The Balaban J connectivity index is 1.31. The molecule has 192 valence electrons. The highest BCUT2D eigenvalue weighted by Crippen LogP contribution is 2.32. The first-order valence-corrected chi connectivity index (χ1v) is 14.7. The molecule has 0 N–H and O–H groups in total. The predicted octanol–water partition coefficient (Wildman–Crippen LogP) is 9.08. The van der Waals surface area contributed by atoms with Gasteiger partial charge in [-0.3, -0.25) is 0 Å². The van der Waals surface area contributed by atoms with Crippen molar-refractivity contribution in [3.8, 4) is 11.8 Å². The summed E-state index contributed by atoms with van der Waals surface area (Å²) in [6, 6.07) is 8.00. The van der Waals surface area contributed by atoms with Crippen molar-refractivity contribution < 1.29 is 9.53 Å². The molecule has 2 saturated carbocycles. The molecular formula is C33H48O2. The molecule has 0 bridgehead atoms. The standard InChI is InChI=1S/C33H48O2/c1-3-5-7-11-27-15-17-28(18-16-27)13-9-10-14-30-21-25-32(26-22-30)35-33(34)31-23-19-29(20-24-31)12-8-6-4-2/h9,13,19-20,23-24,27-28,30,32H,3-8,11-12,15-18,21-22,25-26H2,1-2H3/t27-,28-,30-,32-. The number of allylic oxidation sites excluding steroid dienone is 2. The summed E-state index contributed by atoms with van der Waals surface area (Å²) in [4.78, 5) is 12.6. The SMILES string of the molecule is CCCCCc1ccc(C(=O)O[C@H]2CC[C@H](C#CC=C[C@H]3CC[C@H](CCCCC)CC3)CC2)cc1. The fraction of sp³-hybridized carbons (Fsp3) is 0.667. The zero-order chi connectivity index (χ0) is 24.7. The molecule has 2 aliphatic carbocycles. The maximum atomic E-state index is 12.6. The number of unbranched alkanes of at least 4 members (excludes halogenated alkanes) is 4. The molecule has 0 amide bonds. The lowest BCUT2D eigenvalue weighted by atomic mass is 9.79. The van der Waals surface area contributed by atoms with Gasteiger partial charge in [0, 0.05) is 5.92 Å². The van der Waals surface area contributed by atoms with Gasteiger partial charge in [0.1, 0.15) is 6.10 Å². The van der Waals surface area contributed by atoms with Crippen LogP contribution in [0.15, 0.2) is 36.4 Å². The van der Waals surface area contributed by atoms with E-state index in [1.807, 2.05) is 12.1 Å². The number of carbonyl (C=O) groups excluding carboxylic acids is 1. The van der Waals surface area contributed by atoms with Gasteiger partial charge in [0.25, 0.3) is 0 Å². The van der Waals surface area contributed by atoms with E-state index in [1.165, 1.54) is 76.2 Å². The van der Waals surface area contributed by atoms with Crippen LogP contribution in [0.4, 0.5) is 0 Å². The van der Waals surface area contributed by atoms with Crippen LogP contribution in [0.25, 0.3) is 0 Å². The van der Waals surface area contributed by atoms with Crippen LogP contribution >= 0.6 is 0 Å². The predicted molar refractivity (Wildman–Crippen MR) is 147 cm³/mol. The van der Waals surface area contributed by atoms with Gasteiger partial charge in [-0.2, -0.15) is 0 Å². The normalized spacial score (nSPS) is 24.6. The van der Waals surface area contributed by atoms with E-state index in [4.69, 9.17) is 4.74 Å². The second-order valence-corrected chi connectivity index (χ2v) is 11.0. The van der Waals surface area contributed by atoms with Crippen molar-refractivity contribution in [2.75, 3.05) is 0 Å². The summed E-state index contributed by atoms with van der Waals surface area (Å²) in [6.45, 7) is 4.51. The van der Waals surface area contributed by atoms with Crippen molar-refractivity contribution in [1.29, 1.82) is 0 Å². The van der Waals surface area contributed by atoms with Crippen LogP contribution in [0.2, 0.25) is 0 Å². The van der Waals surface area contributed by atoms with Crippen molar-refractivity contribution in [3.05, 3.63) is 47.5 Å². The highest BCUT2D eigenvalue weighted by molar-refractivity contribution is 5.89. The van der Waals surface area contributed by atoms with Crippen LogP contribution in [-0.2, 0) is 11.2 Å². The third-order valence-corrected chi connectivity index (χ3v) is 8.05. The van der Waals surface area contributed by atoms with Crippen LogP contribution in [0.3, 0.4) is 0 Å². The Labute approximate surface area is 215 Å². The zero-order valence-electron chi connectivity index (χ0n) is 22.4. The van der Waals surface area contributed by atoms with Crippen LogP contribution in [0.1, 0.15) is 126 Å². The summed E-state index contributed by atoms with van der Waals surface area (Å²) in [6.07, 6.45) is 24.3. The quantitative estimate of drug-likeness (QED) is 0.181. The topological polar surface area (TPSA) is 26.3 Å². The van der Waals surface area contributed by atoms with E-state index in [0.29, 0.717) is 11.5 Å². The van der Waals surface area contributed by atoms with Crippen LogP contribution < -0.4 is 0 Å². The Kier molecular flexibility index (Phi) is 12.5. The van der Waals surface area contributed by atoms with Crippen molar-refractivity contribution in [3.63, 3.8) is 0 Å². The van der Waals surface area contributed by atoms with Gasteiger partial charge in [-0.1, -0.05) is 82.4 Å². The lowest BCUT2D eigenvalue weighted by Gasteiger charge is -2.26. The molecule has 35 heavy (non-hydrogen) atoms. The van der Waals surface area contributed by atoms with Crippen molar-refractivity contribution >= 4 is 5.97 Å². The molecule has 2 nitrogen and oxygen atoms in total. The van der Waals surface area contributed by atoms with Crippen LogP contribution in [0, 0.1) is 29.6 Å². The number of benzene rings is 1. The van der Waals surface area contributed by atoms with Crippen LogP contribution in [-0.4, -0.2) is 12.1 Å². The molecule has 0 aromatic heterocycles. The number of rotatable bonds is 11. The minimum Gasteiger partial charge on any atom is -0.459 e. The summed E-state index contributed by atoms with van der Waals surface area (Å²) >= 11 is 0. The summed E-state index contributed by atoms with van der Waals surface area (Å²) in [5.74, 6) is 8.74. The second kappa shape index (κ2) is 15.9. The largest absolute Gasteiger partial charge is 0.459 e. The molecule has 1 aromatic carbocycles. The molecular weight excluding hydrogens is 428 g/mol. The van der Waals surface area contributed by atoms with Gasteiger partial charge in [-0.15, -0.1) is 0 Å². The van der Waals surface area contributed by atoms with Gasteiger partial charge in [0.2, 0.25) is 0 Å². The maximum absolute atomic E-state index is 12.6. The number of hydrogen-bond donors (Lipinski definition) is 0. The van der Waals surface area contributed by atoms with Gasteiger partial charge >= 0.3 is 5.97 Å². The van der Waals surface area contributed by atoms with Crippen molar-refractivity contribution in [2.24, 2.45) is 17.8 Å². The summed E-state index contributed by atoms with van der Waals surface area (Å²) in [5.41, 5.74) is 1.98. The summed E-state index contributed by atoms with van der Waals surface area (Å²) in [5, 5.41) is 0. The Bertz CT molecular complexity index is 809. The van der Waals surface area contributed by atoms with Crippen molar-refractivity contribution in [2.45, 2.75) is 123 Å². The molecule has 0 radical (unpaired) electrons. The van der Waals surface area contributed by atoms with Gasteiger partial charge in [0.15, 0.2) is 0 Å². The molecule has 0 saturated heterocycles. The Hall–Kier alpha value is -2.01. The fourth-order valence-electron chi connectivity index (χ4n) is 5.63. The first-order chi connectivity index (χ1) is 17.2. The van der Waals surface area contributed by atoms with Crippen molar-refractivity contribution in [1.82, 2.24) is 0 Å². The smallest absolute Gasteiger partial charge is 0.338 e. The fourth-order valence-corrected chi connectivity index (χ4v) is 5.63. The monoisotopic (exact) mass is 476 g/mol. The summed E-state index contributed by atoms with van der Waals surface area (Å²) in [7, 11) is 0. The van der Waals surface area contributed by atoms with E-state index in [9.17, 15) is 4.79 Å². The van der Waals surface area contributed by atoms with E-state index in [0.717, 1.165) is 43.9 Å². The Morgan fingerprint density at radius 3 is 2.26 bits per heavy atom. The molecule has 2 aliphatic rings. The average molecular weight is 477 g/mol. The third-order valence-electron chi connectivity index (χ3n) is 8.05. The lowest BCUT2D eigenvalue weighted by molar-refractivity contribution is 0.0188. The van der Waals surface area contributed by atoms with Gasteiger partial charge in [0.05, 0.1) is 5.56 Å². The molecule has 2 heteroatoms. The molecule has 3 rings (SSSR count). The first-order valence-electron chi connectivity index (χ1n) is 14.7. The highest BCUT2D eigenvalue weighted by atomic mass is 16.5. The Morgan fingerprint density at radius 1 is 0.886 bits per heavy atom. The molecule has 0 heterocycles. The number of hydrogen-bond acceptors (Lipinski definition) is 2. The molecule has 0 aliphatic heterocycles.